The lowest BCUT2D eigenvalue weighted by molar-refractivity contribution is -0.276. The summed E-state index contributed by atoms with van der Waals surface area (Å²) < 4.78 is 46.6. The van der Waals surface area contributed by atoms with Gasteiger partial charge in [-0.15, -0.1) is 0 Å². The normalized spacial score (nSPS) is 20.8. The molecule has 134 valence electrons. The molecule has 0 fully saturated rings. The molecule has 5 heteroatoms. The van der Waals surface area contributed by atoms with E-state index in [9.17, 15) is 18.0 Å². The van der Waals surface area contributed by atoms with E-state index >= 15 is 0 Å². The highest BCUT2D eigenvalue weighted by molar-refractivity contribution is 5.85. The SMILES string of the molecule is Cc1ccc(/C=C/C2=CC(=O)O[C@](c3ccccc3)(C(F)(F)F)C2)cc1. The number of hydrogen-bond acceptors (Lipinski definition) is 2. The third-order valence-corrected chi connectivity index (χ3v) is 4.30. The molecular formula is C21H17F3O2. The number of carbonyl (C=O) groups is 1. The van der Waals surface area contributed by atoms with Crippen LogP contribution in [0.5, 0.6) is 0 Å². The van der Waals surface area contributed by atoms with Crippen LogP contribution in [-0.2, 0) is 15.1 Å². The van der Waals surface area contributed by atoms with Gasteiger partial charge in [-0.05, 0) is 18.1 Å². The predicted octanol–water partition coefficient (Wildman–Crippen LogP) is 5.34. The van der Waals surface area contributed by atoms with Gasteiger partial charge in [0, 0.05) is 18.1 Å². The Balaban J connectivity index is 1.96. The number of cyclic esters (lactones) is 1. The zero-order chi connectivity index (χ0) is 18.8. The number of esters is 1. The van der Waals surface area contributed by atoms with Crippen LogP contribution in [0.2, 0.25) is 0 Å². The quantitative estimate of drug-likeness (QED) is 0.693. The van der Waals surface area contributed by atoms with Crippen LogP contribution >= 0.6 is 0 Å². The van der Waals surface area contributed by atoms with Gasteiger partial charge < -0.3 is 4.74 Å². The average molecular weight is 358 g/mol. The van der Waals surface area contributed by atoms with Crippen molar-refractivity contribution in [3.05, 3.63) is 89.0 Å². The van der Waals surface area contributed by atoms with Crippen LogP contribution in [-0.4, -0.2) is 12.1 Å². The van der Waals surface area contributed by atoms with E-state index in [1.165, 1.54) is 30.3 Å². The second kappa shape index (κ2) is 6.83. The molecule has 0 saturated heterocycles. The summed E-state index contributed by atoms with van der Waals surface area (Å²) in [5.74, 6) is -0.999. The fourth-order valence-electron chi connectivity index (χ4n) is 2.91. The Kier molecular flexibility index (Phi) is 4.72. The molecule has 2 aromatic carbocycles. The van der Waals surface area contributed by atoms with Gasteiger partial charge in [-0.25, -0.2) is 4.79 Å². The van der Waals surface area contributed by atoms with Crippen molar-refractivity contribution >= 4 is 12.0 Å². The van der Waals surface area contributed by atoms with Gasteiger partial charge in [0.1, 0.15) is 0 Å². The molecule has 2 nitrogen and oxygen atoms in total. The number of hydrogen-bond donors (Lipinski definition) is 0. The fraction of sp³-hybridized carbons (Fsp3) is 0.190. The Labute approximate surface area is 149 Å². The van der Waals surface area contributed by atoms with Crippen molar-refractivity contribution in [2.75, 3.05) is 0 Å². The van der Waals surface area contributed by atoms with E-state index in [1.54, 1.807) is 12.1 Å². The predicted molar refractivity (Wildman–Crippen MR) is 93.2 cm³/mol. The minimum atomic E-state index is -4.73. The third-order valence-electron chi connectivity index (χ3n) is 4.30. The van der Waals surface area contributed by atoms with Crippen molar-refractivity contribution in [2.45, 2.75) is 25.1 Å². The highest BCUT2D eigenvalue weighted by atomic mass is 19.4. The molecule has 2 aromatic rings. The highest BCUT2D eigenvalue weighted by Crippen LogP contribution is 2.48. The largest absolute Gasteiger partial charge is 0.441 e. The van der Waals surface area contributed by atoms with E-state index in [1.807, 2.05) is 31.2 Å². The van der Waals surface area contributed by atoms with Crippen LogP contribution in [0.15, 0.2) is 72.3 Å². The number of alkyl halides is 3. The van der Waals surface area contributed by atoms with Gasteiger partial charge in [-0.2, -0.15) is 13.2 Å². The Bertz CT molecular complexity index is 849. The average Bonchev–Trinajstić information content (AvgIpc) is 2.60. The molecule has 1 heterocycles. The maximum absolute atomic E-state index is 13.9. The first-order valence-corrected chi connectivity index (χ1v) is 8.11. The first-order valence-electron chi connectivity index (χ1n) is 8.11. The summed E-state index contributed by atoms with van der Waals surface area (Å²) in [5.41, 5.74) is -0.568. The van der Waals surface area contributed by atoms with E-state index in [-0.39, 0.29) is 11.1 Å². The van der Waals surface area contributed by atoms with Crippen LogP contribution in [0.1, 0.15) is 23.1 Å². The summed E-state index contributed by atoms with van der Waals surface area (Å²) >= 11 is 0. The van der Waals surface area contributed by atoms with E-state index in [0.29, 0.717) is 0 Å². The van der Waals surface area contributed by atoms with Crippen molar-refractivity contribution in [1.29, 1.82) is 0 Å². The molecule has 0 radical (unpaired) electrons. The van der Waals surface area contributed by atoms with E-state index in [4.69, 9.17) is 4.74 Å². The van der Waals surface area contributed by atoms with Crippen LogP contribution in [0.4, 0.5) is 13.2 Å². The Morgan fingerprint density at radius 3 is 2.27 bits per heavy atom. The zero-order valence-corrected chi connectivity index (χ0v) is 14.1. The monoisotopic (exact) mass is 358 g/mol. The smallest absolute Gasteiger partial charge is 0.433 e. The van der Waals surface area contributed by atoms with Crippen molar-refractivity contribution in [2.24, 2.45) is 0 Å². The number of rotatable bonds is 3. The number of carbonyl (C=O) groups excluding carboxylic acids is 1. The molecule has 1 aliphatic heterocycles. The van der Waals surface area contributed by atoms with Crippen LogP contribution in [0, 0.1) is 6.92 Å². The lowest BCUT2D eigenvalue weighted by Crippen LogP contribution is -2.48. The number of aryl methyl sites for hydroxylation is 1. The van der Waals surface area contributed by atoms with Gasteiger partial charge in [0.2, 0.25) is 5.60 Å². The third kappa shape index (κ3) is 3.57. The number of benzene rings is 2. The fourth-order valence-corrected chi connectivity index (χ4v) is 2.91. The Morgan fingerprint density at radius 2 is 1.65 bits per heavy atom. The number of halogens is 3. The molecule has 0 bridgehead atoms. The maximum Gasteiger partial charge on any atom is 0.433 e. The molecule has 0 unspecified atom stereocenters. The van der Waals surface area contributed by atoms with Crippen LogP contribution < -0.4 is 0 Å². The minimum Gasteiger partial charge on any atom is -0.441 e. The van der Waals surface area contributed by atoms with Gasteiger partial charge in [0.05, 0.1) is 0 Å². The van der Waals surface area contributed by atoms with Gasteiger partial charge >= 0.3 is 12.1 Å². The number of allylic oxidation sites excluding steroid dienone is 1. The minimum absolute atomic E-state index is 0.0878. The van der Waals surface area contributed by atoms with Gasteiger partial charge in [-0.1, -0.05) is 72.3 Å². The second-order valence-electron chi connectivity index (χ2n) is 6.25. The molecule has 1 aliphatic rings. The molecule has 0 aliphatic carbocycles. The summed E-state index contributed by atoms with van der Waals surface area (Å²) in [5, 5.41) is 0. The van der Waals surface area contributed by atoms with Gasteiger partial charge in [0.25, 0.3) is 0 Å². The summed E-state index contributed by atoms with van der Waals surface area (Å²) in [6.07, 6.45) is -0.863. The molecule has 1 atom stereocenters. The molecule has 26 heavy (non-hydrogen) atoms. The standard InChI is InChI=1S/C21H17F3O2/c1-15-7-9-16(10-8-15)11-12-17-13-19(25)26-20(14-17,21(22,23)24)18-5-3-2-4-6-18/h2-13H,14H2,1H3/b12-11+/t20-/m1/s1. The molecule has 0 amide bonds. The summed E-state index contributed by atoms with van der Waals surface area (Å²) in [4.78, 5) is 11.9. The molecular weight excluding hydrogens is 341 g/mol. The lowest BCUT2D eigenvalue weighted by Gasteiger charge is -2.38. The van der Waals surface area contributed by atoms with Crippen molar-refractivity contribution in [1.82, 2.24) is 0 Å². The Morgan fingerprint density at radius 1 is 1.00 bits per heavy atom. The highest BCUT2D eigenvalue weighted by Gasteiger charge is 2.60. The zero-order valence-electron chi connectivity index (χ0n) is 14.1. The Hall–Kier alpha value is -2.82. The molecule has 0 saturated carbocycles. The summed E-state index contributed by atoms with van der Waals surface area (Å²) in [6, 6.07) is 14.8. The molecule has 3 rings (SSSR count). The van der Waals surface area contributed by atoms with E-state index in [2.05, 4.69) is 0 Å². The van der Waals surface area contributed by atoms with E-state index < -0.39 is 24.2 Å². The molecule has 0 spiro atoms. The summed E-state index contributed by atoms with van der Waals surface area (Å²) in [6.45, 7) is 1.95. The first kappa shape index (κ1) is 18.0. The maximum atomic E-state index is 13.9. The second-order valence-corrected chi connectivity index (χ2v) is 6.25. The van der Waals surface area contributed by atoms with Crippen LogP contribution in [0.3, 0.4) is 0 Å². The van der Waals surface area contributed by atoms with Gasteiger partial charge in [-0.3, -0.25) is 0 Å². The van der Waals surface area contributed by atoms with Crippen molar-refractivity contribution in [3.8, 4) is 0 Å². The topological polar surface area (TPSA) is 26.3 Å². The first-order chi connectivity index (χ1) is 12.3. The van der Waals surface area contributed by atoms with Crippen molar-refractivity contribution in [3.63, 3.8) is 0 Å². The molecule has 0 N–H and O–H groups in total. The van der Waals surface area contributed by atoms with Gasteiger partial charge in [0.15, 0.2) is 0 Å². The van der Waals surface area contributed by atoms with Crippen molar-refractivity contribution < 1.29 is 22.7 Å². The number of ether oxygens (including phenoxy) is 1. The van der Waals surface area contributed by atoms with E-state index in [0.717, 1.165) is 17.2 Å². The summed E-state index contributed by atoms with van der Waals surface area (Å²) in [7, 11) is 0. The molecule has 0 aromatic heterocycles. The van der Waals surface area contributed by atoms with Crippen LogP contribution in [0.25, 0.3) is 6.08 Å². The lowest BCUT2D eigenvalue weighted by atomic mass is 9.84.